The zero-order valence-corrected chi connectivity index (χ0v) is 25.6. The number of carbonyl (C=O) groups excluding carboxylic acids is 1. The van der Waals surface area contributed by atoms with Crippen LogP contribution in [0.3, 0.4) is 0 Å². The van der Waals surface area contributed by atoms with Gasteiger partial charge in [0.15, 0.2) is 0 Å². The second-order valence-electron chi connectivity index (χ2n) is 10.1. The van der Waals surface area contributed by atoms with Crippen LogP contribution in [0.2, 0.25) is 0 Å². The summed E-state index contributed by atoms with van der Waals surface area (Å²) in [6.45, 7) is 0.268. The van der Waals surface area contributed by atoms with Gasteiger partial charge in [-0.25, -0.2) is 13.4 Å². The van der Waals surface area contributed by atoms with Crippen molar-refractivity contribution in [3.05, 3.63) is 120 Å². The first-order chi connectivity index (χ1) is 21.3. The van der Waals surface area contributed by atoms with Crippen LogP contribution in [0.25, 0.3) is 0 Å². The van der Waals surface area contributed by atoms with Gasteiger partial charge in [0.1, 0.15) is 16.7 Å². The Morgan fingerprint density at radius 2 is 1.53 bits per heavy atom. The highest BCUT2D eigenvalue weighted by Crippen LogP contribution is 2.59. The SMILES string of the molecule is O=C(NCCCCc1ccccc1)C(Cc1ccc(C(F)(F)P(=O)(O)O)cc1)NS(=O)(=O)c1ccc(Oc2ccccc2)nc1. The molecule has 0 aliphatic carbocycles. The first-order valence-corrected chi connectivity index (χ1v) is 17.0. The molecule has 4 N–H and O–H groups in total. The van der Waals surface area contributed by atoms with Crippen LogP contribution in [0.5, 0.6) is 11.6 Å². The van der Waals surface area contributed by atoms with E-state index < -0.39 is 40.8 Å². The second-order valence-corrected chi connectivity index (χ2v) is 13.5. The van der Waals surface area contributed by atoms with Crippen LogP contribution in [-0.4, -0.2) is 41.7 Å². The number of amides is 1. The number of sulfonamides is 1. The van der Waals surface area contributed by atoms with E-state index in [1.165, 1.54) is 12.1 Å². The summed E-state index contributed by atoms with van der Waals surface area (Å²) < 4.78 is 74.0. The number of hydrogen-bond acceptors (Lipinski definition) is 6. The molecule has 0 saturated carbocycles. The zero-order valence-electron chi connectivity index (χ0n) is 23.9. The molecule has 1 unspecified atom stereocenters. The van der Waals surface area contributed by atoms with Crippen molar-refractivity contribution in [3.8, 4) is 11.6 Å². The van der Waals surface area contributed by atoms with Crippen molar-refractivity contribution in [1.29, 1.82) is 0 Å². The number of benzene rings is 3. The fourth-order valence-electron chi connectivity index (χ4n) is 4.32. The first kappa shape index (κ1) is 33.9. The maximum atomic E-state index is 14.1. The second kappa shape index (κ2) is 14.9. The molecule has 1 aromatic heterocycles. The number of pyridine rings is 1. The molecule has 0 fully saturated rings. The molecule has 0 bridgehead atoms. The van der Waals surface area contributed by atoms with E-state index in [0.29, 0.717) is 12.2 Å². The van der Waals surface area contributed by atoms with Crippen LogP contribution in [0, 0.1) is 0 Å². The van der Waals surface area contributed by atoms with Gasteiger partial charge in [0.05, 0.1) is 6.20 Å². The van der Waals surface area contributed by atoms with Crippen molar-refractivity contribution in [3.63, 3.8) is 0 Å². The molecule has 1 amide bonds. The number of hydrogen-bond donors (Lipinski definition) is 4. The van der Waals surface area contributed by atoms with E-state index in [4.69, 9.17) is 14.5 Å². The highest BCUT2D eigenvalue weighted by Gasteiger charge is 2.50. The van der Waals surface area contributed by atoms with Crippen molar-refractivity contribution in [1.82, 2.24) is 15.0 Å². The Balaban J connectivity index is 1.46. The molecule has 14 heteroatoms. The van der Waals surface area contributed by atoms with E-state index >= 15 is 0 Å². The fourth-order valence-corrected chi connectivity index (χ4v) is 5.94. The number of ether oxygens (including phenoxy) is 1. The van der Waals surface area contributed by atoms with Crippen molar-refractivity contribution >= 4 is 23.5 Å². The molecule has 0 saturated heterocycles. The van der Waals surface area contributed by atoms with Crippen LogP contribution in [0.4, 0.5) is 8.78 Å². The highest BCUT2D eigenvalue weighted by atomic mass is 32.2. The molecule has 1 heterocycles. The number of halogens is 2. The third-order valence-corrected chi connectivity index (χ3v) is 9.19. The summed E-state index contributed by atoms with van der Waals surface area (Å²) in [4.78, 5) is 35.1. The molecule has 45 heavy (non-hydrogen) atoms. The monoisotopic (exact) mass is 659 g/mol. The van der Waals surface area contributed by atoms with Gasteiger partial charge in [-0.2, -0.15) is 13.5 Å². The topological polar surface area (TPSA) is 155 Å². The van der Waals surface area contributed by atoms with Gasteiger partial charge in [-0.05, 0) is 55.0 Å². The maximum absolute atomic E-state index is 14.1. The predicted molar refractivity (Wildman–Crippen MR) is 163 cm³/mol. The van der Waals surface area contributed by atoms with Crippen LogP contribution >= 0.6 is 7.60 Å². The van der Waals surface area contributed by atoms with Crippen molar-refractivity contribution in [2.24, 2.45) is 0 Å². The Morgan fingerprint density at radius 3 is 2.13 bits per heavy atom. The van der Waals surface area contributed by atoms with Crippen LogP contribution in [0.1, 0.15) is 29.5 Å². The number of alkyl halides is 2. The summed E-state index contributed by atoms with van der Waals surface area (Å²) in [5, 5.41) is 2.73. The van der Waals surface area contributed by atoms with Gasteiger partial charge >= 0.3 is 13.3 Å². The molecule has 0 aliphatic rings. The highest BCUT2D eigenvalue weighted by molar-refractivity contribution is 7.89. The van der Waals surface area contributed by atoms with Crippen LogP contribution < -0.4 is 14.8 Å². The Bertz CT molecular complexity index is 1710. The summed E-state index contributed by atoms with van der Waals surface area (Å²) in [6.07, 6.45) is 3.05. The van der Waals surface area contributed by atoms with Gasteiger partial charge in [-0.15, -0.1) is 0 Å². The first-order valence-electron chi connectivity index (χ1n) is 13.9. The van der Waals surface area contributed by atoms with Gasteiger partial charge in [-0.3, -0.25) is 9.36 Å². The summed E-state index contributed by atoms with van der Waals surface area (Å²) in [6, 6.07) is 23.8. The van der Waals surface area contributed by atoms with E-state index in [0.717, 1.165) is 48.9 Å². The van der Waals surface area contributed by atoms with Crippen LogP contribution in [0.15, 0.2) is 108 Å². The lowest BCUT2D eigenvalue weighted by Gasteiger charge is -2.20. The van der Waals surface area contributed by atoms with Crippen molar-refractivity contribution in [2.45, 2.75) is 42.3 Å². The molecule has 238 valence electrons. The average Bonchev–Trinajstić information content (AvgIpc) is 3.01. The predicted octanol–water partition coefficient (Wildman–Crippen LogP) is 5.13. The summed E-state index contributed by atoms with van der Waals surface area (Å²) in [5.41, 5.74) is -3.90. The molecule has 0 aliphatic heterocycles. The Labute approximate surface area is 259 Å². The van der Waals surface area contributed by atoms with Gasteiger partial charge < -0.3 is 19.8 Å². The maximum Gasteiger partial charge on any atom is 0.399 e. The normalized spacial score (nSPS) is 12.8. The number of nitrogens with zero attached hydrogens (tertiary/aromatic N) is 1. The van der Waals surface area contributed by atoms with E-state index in [1.807, 2.05) is 36.4 Å². The molecular weight excluding hydrogens is 627 g/mol. The number of aromatic nitrogens is 1. The number of unbranched alkanes of at least 4 members (excludes halogenated alkanes) is 1. The minimum Gasteiger partial charge on any atom is -0.439 e. The number of rotatable bonds is 15. The minimum absolute atomic E-state index is 0.150. The summed E-state index contributed by atoms with van der Waals surface area (Å²) >= 11 is 0. The summed E-state index contributed by atoms with van der Waals surface area (Å²) in [5.74, 6) is 0.0147. The molecule has 1 atom stereocenters. The lowest BCUT2D eigenvalue weighted by Crippen LogP contribution is -2.48. The third-order valence-electron chi connectivity index (χ3n) is 6.74. The van der Waals surface area contributed by atoms with Gasteiger partial charge in [0.25, 0.3) is 0 Å². The number of carbonyl (C=O) groups is 1. The molecule has 0 radical (unpaired) electrons. The van der Waals surface area contributed by atoms with Gasteiger partial charge in [-0.1, -0.05) is 72.8 Å². The van der Waals surface area contributed by atoms with Gasteiger partial charge in [0.2, 0.25) is 21.8 Å². The van der Waals surface area contributed by atoms with E-state index in [1.54, 1.807) is 24.3 Å². The quantitative estimate of drug-likeness (QED) is 0.101. The van der Waals surface area contributed by atoms with E-state index in [-0.39, 0.29) is 29.3 Å². The molecular formula is C31H32F2N3O7PS. The largest absolute Gasteiger partial charge is 0.439 e. The van der Waals surface area contributed by atoms with Crippen LogP contribution in [-0.2, 0) is 37.9 Å². The molecule has 10 nitrogen and oxygen atoms in total. The molecule has 4 rings (SSSR count). The lowest BCUT2D eigenvalue weighted by molar-refractivity contribution is -0.122. The molecule has 0 spiro atoms. The zero-order chi connectivity index (χ0) is 32.5. The molecule has 4 aromatic rings. The van der Waals surface area contributed by atoms with E-state index in [2.05, 4.69) is 15.0 Å². The fraction of sp³-hybridized carbons (Fsp3) is 0.226. The minimum atomic E-state index is -5.78. The van der Waals surface area contributed by atoms with Gasteiger partial charge in [0, 0.05) is 18.2 Å². The standard InChI is InChI=1S/C31H32F2N3O7PS/c32-31(33,44(38,39)40)25-16-14-24(15-17-25)21-28(30(37)34-20-8-7-11-23-9-3-1-4-10-23)36-45(41,42)27-18-19-29(35-22-27)43-26-12-5-2-6-13-26/h1-6,9-10,12-19,22,28,36H,7-8,11,20-21H2,(H,34,37)(H2,38,39,40). The summed E-state index contributed by atoms with van der Waals surface area (Å²) in [7, 11) is -10.1. The number of nitrogens with one attached hydrogen (secondary N) is 2. The Hall–Kier alpha value is -4.00. The van der Waals surface area contributed by atoms with E-state index in [9.17, 15) is 26.6 Å². The molecule has 3 aromatic carbocycles. The number of para-hydroxylation sites is 1. The van der Waals surface area contributed by atoms with Crippen molar-refractivity contribution < 1.29 is 41.1 Å². The van der Waals surface area contributed by atoms with Crippen molar-refractivity contribution in [2.75, 3.05) is 6.54 Å². The Kier molecular flexibility index (Phi) is 11.2. The number of aryl methyl sites for hydroxylation is 1. The lowest BCUT2D eigenvalue weighted by atomic mass is 10.0. The Morgan fingerprint density at radius 1 is 0.889 bits per heavy atom. The average molecular weight is 660 g/mol. The smallest absolute Gasteiger partial charge is 0.399 e. The third kappa shape index (κ3) is 9.49.